The van der Waals surface area contributed by atoms with Gasteiger partial charge in [0.1, 0.15) is 11.5 Å². The minimum absolute atomic E-state index is 0.0415. The topological polar surface area (TPSA) is 70.0 Å². The van der Waals surface area contributed by atoms with Gasteiger partial charge >= 0.3 is 5.97 Å². The predicted molar refractivity (Wildman–Crippen MR) is 75.0 cm³/mol. The van der Waals surface area contributed by atoms with E-state index in [0.29, 0.717) is 18.6 Å². The molecule has 1 aliphatic heterocycles. The van der Waals surface area contributed by atoms with Gasteiger partial charge in [0.15, 0.2) is 0 Å². The number of carboxylic acids is 1. The zero-order valence-corrected chi connectivity index (χ0v) is 11.9. The zero-order chi connectivity index (χ0) is 14.7. The molecule has 1 fully saturated rings. The normalized spacial score (nSPS) is 18.7. The van der Waals surface area contributed by atoms with E-state index in [4.69, 9.17) is 9.84 Å². The van der Waals surface area contributed by atoms with Crippen molar-refractivity contribution in [2.75, 3.05) is 20.2 Å². The number of phenolic OH excluding ortho intramolecular Hbond substituents is 1. The van der Waals surface area contributed by atoms with E-state index in [0.717, 1.165) is 18.7 Å². The van der Waals surface area contributed by atoms with Crippen molar-refractivity contribution in [3.05, 3.63) is 23.8 Å². The summed E-state index contributed by atoms with van der Waals surface area (Å²) in [5.41, 5.74) is 0.818. The number of carbonyl (C=O) groups is 1. The summed E-state index contributed by atoms with van der Waals surface area (Å²) in [5, 5.41) is 19.0. The number of benzene rings is 1. The van der Waals surface area contributed by atoms with Crippen LogP contribution in [-0.4, -0.2) is 41.3 Å². The monoisotopic (exact) mass is 279 g/mol. The molecule has 1 aliphatic rings. The van der Waals surface area contributed by atoms with Crippen LogP contribution in [0.2, 0.25) is 0 Å². The van der Waals surface area contributed by atoms with Crippen molar-refractivity contribution in [1.29, 1.82) is 0 Å². The third-order valence-electron chi connectivity index (χ3n) is 4.11. The molecule has 0 saturated carbocycles. The van der Waals surface area contributed by atoms with Crippen molar-refractivity contribution >= 4 is 5.97 Å². The van der Waals surface area contributed by atoms with Crippen LogP contribution >= 0.6 is 0 Å². The number of rotatable bonds is 4. The van der Waals surface area contributed by atoms with Gasteiger partial charge in [-0.25, -0.2) is 0 Å². The molecular weight excluding hydrogens is 258 g/mol. The van der Waals surface area contributed by atoms with Gasteiger partial charge in [0.25, 0.3) is 0 Å². The molecule has 5 heteroatoms. The first-order valence-corrected chi connectivity index (χ1v) is 6.86. The van der Waals surface area contributed by atoms with Gasteiger partial charge < -0.3 is 14.9 Å². The summed E-state index contributed by atoms with van der Waals surface area (Å²) in [6.07, 6.45) is 1.31. The number of aromatic hydroxyl groups is 1. The number of nitrogens with zero attached hydrogens (tertiary/aromatic N) is 1. The summed E-state index contributed by atoms with van der Waals surface area (Å²) in [6.45, 7) is 3.49. The second kappa shape index (κ2) is 6.13. The summed E-state index contributed by atoms with van der Waals surface area (Å²) in [7, 11) is 1.60. The van der Waals surface area contributed by atoms with E-state index in [-0.39, 0.29) is 17.7 Å². The number of piperidine rings is 1. The Balaban J connectivity index is 2.08. The summed E-state index contributed by atoms with van der Waals surface area (Å²) < 4.78 is 5.19. The molecule has 5 nitrogen and oxygen atoms in total. The van der Waals surface area contributed by atoms with Crippen LogP contribution in [0.15, 0.2) is 18.2 Å². The molecule has 1 unspecified atom stereocenters. The molecule has 1 aromatic rings. The van der Waals surface area contributed by atoms with Gasteiger partial charge in [0.05, 0.1) is 13.0 Å². The highest BCUT2D eigenvalue weighted by Gasteiger charge is 2.28. The van der Waals surface area contributed by atoms with Crippen molar-refractivity contribution < 1.29 is 19.7 Å². The fourth-order valence-electron chi connectivity index (χ4n) is 2.72. The molecular formula is C15H21NO4. The Morgan fingerprint density at radius 2 is 2.05 bits per heavy atom. The van der Waals surface area contributed by atoms with Crippen molar-refractivity contribution in [2.45, 2.75) is 25.8 Å². The molecule has 0 radical (unpaired) electrons. The fraction of sp³-hybridized carbons (Fsp3) is 0.533. The molecule has 20 heavy (non-hydrogen) atoms. The van der Waals surface area contributed by atoms with Crippen LogP contribution in [0.4, 0.5) is 0 Å². The molecule has 1 saturated heterocycles. The van der Waals surface area contributed by atoms with Crippen LogP contribution < -0.4 is 4.74 Å². The minimum Gasteiger partial charge on any atom is -0.508 e. The lowest BCUT2D eigenvalue weighted by molar-refractivity contribution is -0.143. The van der Waals surface area contributed by atoms with Crippen molar-refractivity contribution in [3.8, 4) is 11.5 Å². The minimum atomic E-state index is -0.707. The average Bonchev–Trinajstić information content (AvgIpc) is 2.47. The van der Waals surface area contributed by atoms with Crippen LogP contribution in [0.3, 0.4) is 0 Å². The molecule has 1 aromatic carbocycles. The number of likely N-dealkylation sites (tertiary alicyclic amines) is 1. The van der Waals surface area contributed by atoms with E-state index in [1.807, 2.05) is 13.0 Å². The lowest BCUT2D eigenvalue weighted by Gasteiger charge is -2.35. The van der Waals surface area contributed by atoms with Gasteiger partial charge in [-0.15, -0.1) is 0 Å². The quantitative estimate of drug-likeness (QED) is 0.884. The van der Waals surface area contributed by atoms with E-state index in [1.54, 1.807) is 19.2 Å². The molecule has 2 rings (SSSR count). The summed E-state index contributed by atoms with van der Waals surface area (Å²) in [6, 6.07) is 5.24. The largest absolute Gasteiger partial charge is 0.508 e. The Bertz CT molecular complexity index is 481. The van der Waals surface area contributed by atoms with Crippen LogP contribution in [0, 0.1) is 5.92 Å². The first-order chi connectivity index (χ1) is 9.52. The van der Waals surface area contributed by atoms with E-state index in [1.165, 1.54) is 0 Å². The van der Waals surface area contributed by atoms with Gasteiger partial charge in [-0.1, -0.05) is 0 Å². The van der Waals surface area contributed by atoms with E-state index < -0.39 is 5.97 Å². The summed E-state index contributed by atoms with van der Waals surface area (Å²) in [5.74, 6) is 0.0163. The molecule has 0 aliphatic carbocycles. The lowest BCUT2D eigenvalue weighted by atomic mass is 9.94. The van der Waals surface area contributed by atoms with Crippen molar-refractivity contribution in [1.82, 2.24) is 4.90 Å². The molecule has 110 valence electrons. The maximum atomic E-state index is 11.0. The molecule has 0 aromatic heterocycles. The van der Waals surface area contributed by atoms with Gasteiger partial charge in [-0.05, 0) is 51.1 Å². The SMILES string of the molecule is COc1ccc(O)c(C(C)N2CCC(C(=O)O)CC2)c1. The highest BCUT2D eigenvalue weighted by molar-refractivity contribution is 5.70. The number of aliphatic carboxylic acids is 1. The van der Waals surface area contributed by atoms with Crippen LogP contribution in [0.5, 0.6) is 11.5 Å². The molecule has 0 bridgehead atoms. The van der Waals surface area contributed by atoms with Gasteiger partial charge in [-0.2, -0.15) is 0 Å². The first-order valence-electron chi connectivity index (χ1n) is 6.86. The number of phenols is 1. The van der Waals surface area contributed by atoms with Gasteiger partial charge in [-0.3, -0.25) is 9.69 Å². The molecule has 2 N–H and O–H groups in total. The Morgan fingerprint density at radius 3 is 2.60 bits per heavy atom. The molecule has 1 heterocycles. The Morgan fingerprint density at radius 1 is 1.40 bits per heavy atom. The second-order valence-electron chi connectivity index (χ2n) is 5.25. The van der Waals surface area contributed by atoms with Crippen molar-refractivity contribution in [3.63, 3.8) is 0 Å². The van der Waals surface area contributed by atoms with E-state index >= 15 is 0 Å². The first kappa shape index (κ1) is 14.7. The third kappa shape index (κ3) is 3.04. The number of hydrogen-bond acceptors (Lipinski definition) is 4. The Kier molecular flexibility index (Phi) is 4.49. The average molecular weight is 279 g/mol. The Hall–Kier alpha value is -1.75. The second-order valence-corrected chi connectivity index (χ2v) is 5.25. The van der Waals surface area contributed by atoms with E-state index in [9.17, 15) is 9.90 Å². The Labute approximate surface area is 118 Å². The standard InChI is InChI=1S/C15H21NO4/c1-10(13-9-12(20-2)3-4-14(13)17)16-7-5-11(6-8-16)15(18)19/h3-4,9-11,17H,5-8H2,1-2H3,(H,18,19). The molecule has 0 amide bonds. The van der Waals surface area contributed by atoms with E-state index in [2.05, 4.69) is 4.90 Å². The summed E-state index contributed by atoms with van der Waals surface area (Å²) in [4.78, 5) is 13.2. The lowest BCUT2D eigenvalue weighted by Crippen LogP contribution is -2.37. The van der Waals surface area contributed by atoms with Gasteiger partial charge in [0, 0.05) is 11.6 Å². The van der Waals surface area contributed by atoms with Crippen LogP contribution in [-0.2, 0) is 4.79 Å². The predicted octanol–water partition coefficient (Wildman–Crippen LogP) is 2.26. The maximum absolute atomic E-state index is 11.0. The number of methoxy groups -OCH3 is 1. The maximum Gasteiger partial charge on any atom is 0.306 e. The zero-order valence-electron chi connectivity index (χ0n) is 11.9. The number of carboxylic acid groups (broad SMARTS) is 1. The van der Waals surface area contributed by atoms with Gasteiger partial charge in [0.2, 0.25) is 0 Å². The van der Waals surface area contributed by atoms with Crippen LogP contribution in [0.25, 0.3) is 0 Å². The highest BCUT2D eigenvalue weighted by Crippen LogP contribution is 2.33. The molecule has 0 spiro atoms. The van der Waals surface area contributed by atoms with Crippen molar-refractivity contribution in [2.24, 2.45) is 5.92 Å². The number of hydrogen-bond donors (Lipinski definition) is 2. The smallest absolute Gasteiger partial charge is 0.306 e. The molecule has 1 atom stereocenters. The third-order valence-corrected chi connectivity index (χ3v) is 4.11. The number of ether oxygens (including phenoxy) is 1. The summed E-state index contributed by atoms with van der Waals surface area (Å²) >= 11 is 0. The highest BCUT2D eigenvalue weighted by atomic mass is 16.5. The van der Waals surface area contributed by atoms with Crippen LogP contribution in [0.1, 0.15) is 31.4 Å². The fourth-order valence-corrected chi connectivity index (χ4v) is 2.72.